The molecule has 1 aromatic rings. The minimum atomic E-state index is -2.58. The summed E-state index contributed by atoms with van der Waals surface area (Å²) in [5, 5.41) is 2.61. The van der Waals surface area contributed by atoms with Crippen molar-refractivity contribution in [2.24, 2.45) is 0 Å². The molecule has 1 N–H and O–H groups in total. The smallest absolute Gasteiger partial charge is 0.157 e. The molecule has 86 valence electrons. The van der Waals surface area contributed by atoms with Crippen LogP contribution in [0.1, 0.15) is 38.1 Å². The molecule has 0 heterocycles. The van der Waals surface area contributed by atoms with Crippen LogP contribution in [0.5, 0.6) is 0 Å². The fraction of sp³-hybridized carbons (Fsp3) is 0.462. The molecule has 0 spiro atoms. The number of rotatable bonds is 2. The highest BCUT2D eigenvalue weighted by Gasteiger charge is 2.40. The molecule has 2 nitrogen and oxygen atoms in total. The van der Waals surface area contributed by atoms with Gasteiger partial charge >= 0.3 is 0 Å². The summed E-state index contributed by atoms with van der Waals surface area (Å²) in [7, 11) is 0. The number of carbonyl (C=O) groups is 1. The van der Waals surface area contributed by atoms with Crippen molar-refractivity contribution in [3.63, 3.8) is 0 Å². The first kappa shape index (κ1) is 6.77. The predicted molar refractivity (Wildman–Crippen MR) is 65.7 cm³/mol. The van der Waals surface area contributed by atoms with Crippen LogP contribution in [0.4, 0.5) is 0 Å². The summed E-state index contributed by atoms with van der Waals surface area (Å²) in [4.78, 5) is 12.5. The fourth-order valence-corrected chi connectivity index (χ4v) is 2.32. The summed E-state index contributed by atoms with van der Waals surface area (Å²) in [5.74, 6) is -0.346. The maximum absolute atomic E-state index is 12.5. The van der Waals surface area contributed by atoms with Gasteiger partial charge in [0.25, 0.3) is 0 Å². The average molecular weight is 243 g/mol. The Morgan fingerprint density at radius 2 is 2.38 bits per heavy atom. The number of hydrogen-bond donors (Lipinski definition) is 1. The zero-order chi connectivity index (χ0) is 15.9. The summed E-state index contributed by atoms with van der Waals surface area (Å²) < 4.78 is 38.2. The highest BCUT2D eigenvalue weighted by Crippen LogP contribution is 2.37. The number of likely N-dealkylation sites (N-methyl/N-ethyl adjacent to an activating group) is 1. The second kappa shape index (κ2) is 4.56. The summed E-state index contributed by atoms with van der Waals surface area (Å²) >= 11 is 6.14. The van der Waals surface area contributed by atoms with Gasteiger partial charge in [-0.05, 0) is 31.4 Å². The molecule has 1 aliphatic carbocycles. The third kappa shape index (κ3) is 1.76. The lowest BCUT2D eigenvalue weighted by molar-refractivity contribution is -0.127. The predicted octanol–water partition coefficient (Wildman–Crippen LogP) is 2.90. The van der Waals surface area contributed by atoms with Gasteiger partial charge in [-0.25, -0.2) is 0 Å². The molecule has 2 rings (SSSR count). The van der Waals surface area contributed by atoms with Crippen LogP contribution in [-0.4, -0.2) is 12.8 Å². The zero-order valence-electron chi connectivity index (χ0n) is 13.7. The van der Waals surface area contributed by atoms with Crippen LogP contribution in [-0.2, 0) is 10.3 Å². The molecule has 16 heavy (non-hydrogen) atoms. The molecule has 1 atom stereocenters. The Hall–Kier alpha value is -0.860. The second-order valence-electron chi connectivity index (χ2n) is 3.86. The maximum atomic E-state index is 12.5. The van der Waals surface area contributed by atoms with Crippen molar-refractivity contribution in [2.75, 3.05) is 6.98 Å². The summed E-state index contributed by atoms with van der Waals surface area (Å²) in [6, 6.07) is 6.47. The van der Waals surface area contributed by atoms with Crippen molar-refractivity contribution < 1.29 is 11.6 Å². The Bertz CT molecular complexity index is 556. The van der Waals surface area contributed by atoms with Gasteiger partial charge in [0.1, 0.15) is 5.54 Å². The van der Waals surface area contributed by atoms with Gasteiger partial charge < -0.3 is 5.32 Å². The normalized spacial score (nSPS) is 34.3. The number of benzene rings is 1. The minimum absolute atomic E-state index is 0.0265. The van der Waals surface area contributed by atoms with Crippen LogP contribution in [0, 0.1) is 0 Å². The summed E-state index contributed by atoms with van der Waals surface area (Å²) in [6.45, 7) is -2.58. The lowest BCUT2D eigenvalue weighted by Gasteiger charge is -2.36. The maximum Gasteiger partial charge on any atom is 0.157 e. The third-order valence-corrected chi connectivity index (χ3v) is 3.27. The first-order valence-corrected chi connectivity index (χ1v) is 5.51. The van der Waals surface area contributed by atoms with Gasteiger partial charge in [-0.1, -0.05) is 36.2 Å². The van der Waals surface area contributed by atoms with Crippen LogP contribution >= 0.6 is 11.6 Å². The lowest BCUT2D eigenvalue weighted by Crippen LogP contribution is -2.49. The van der Waals surface area contributed by atoms with Crippen molar-refractivity contribution in [3.8, 4) is 0 Å². The van der Waals surface area contributed by atoms with E-state index in [-0.39, 0.29) is 30.1 Å². The van der Waals surface area contributed by atoms with Gasteiger partial charge in [0.2, 0.25) is 0 Å². The number of nitrogens with one attached hydrogen (secondary N) is 1. The Labute approximate surface area is 108 Å². The first-order chi connectivity index (χ1) is 9.56. The molecule has 0 aliphatic heterocycles. The van der Waals surface area contributed by atoms with Gasteiger partial charge in [-0.15, -0.1) is 0 Å². The Morgan fingerprint density at radius 3 is 3.12 bits per heavy atom. The van der Waals surface area contributed by atoms with Crippen LogP contribution in [0.15, 0.2) is 24.3 Å². The van der Waals surface area contributed by atoms with Crippen molar-refractivity contribution in [1.82, 2.24) is 5.32 Å². The third-order valence-electron chi connectivity index (χ3n) is 2.94. The van der Waals surface area contributed by atoms with E-state index < -0.39 is 18.9 Å². The van der Waals surface area contributed by atoms with Crippen molar-refractivity contribution in [1.29, 1.82) is 0 Å². The van der Waals surface area contributed by atoms with Gasteiger partial charge in [-0.3, -0.25) is 4.79 Å². The van der Waals surface area contributed by atoms with Gasteiger partial charge in [0.05, 0.1) is 0 Å². The molecule has 0 aromatic heterocycles. The zero-order valence-corrected chi connectivity index (χ0v) is 9.47. The van der Waals surface area contributed by atoms with Crippen molar-refractivity contribution >= 4 is 17.4 Å². The largest absolute Gasteiger partial charge is 0.304 e. The van der Waals surface area contributed by atoms with Gasteiger partial charge in [-0.2, -0.15) is 0 Å². The highest BCUT2D eigenvalue weighted by atomic mass is 35.5. The number of ketones is 1. The van der Waals surface area contributed by atoms with Gasteiger partial charge in [0, 0.05) is 18.3 Å². The minimum Gasteiger partial charge on any atom is -0.304 e. The molecule has 0 saturated heterocycles. The van der Waals surface area contributed by atoms with Crippen LogP contribution in [0.25, 0.3) is 0 Å². The molecular weight excluding hydrogens is 222 g/mol. The Balaban J connectivity index is 2.59. The lowest BCUT2D eigenvalue weighted by atomic mass is 9.75. The molecule has 3 heteroatoms. The Morgan fingerprint density at radius 1 is 1.56 bits per heavy atom. The van der Waals surface area contributed by atoms with E-state index in [0.29, 0.717) is 5.56 Å². The number of Topliss-reactive ketones (excluding diaryl/α,β-unsaturated/α-hetero) is 1. The molecule has 0 amide bonds. The van der Waals surface area contributed by atoms with E-state index in [1.807, 2.05) is 0 Å². The molecule has 0 bridgehead atoms. The summed E-state index contributed by atoms with van der Waals surface area (Å²) in [5.41, 5.74) is -1.30. The molecule has 1 aliphatic rings. The van der Waals surface area contributed by atoms with E-state index in [1.165, 1.54) is 0 Å². The fourth-order valence-electron chi connectivity index (χ4n) is 2.02. The molecule has 1 fully saturated rings. The topological polar surface area (TPSA) is 29.1 Å². The molecule has 1 saturated carbocycles. The van der Waals surface area contributed by atoms with Crippen molar-refractivity contribution in [3.05, 3.63) is 34.9 Å². The summed E-state index contributed by atoms with van der Waals surface area (Å²) in [6.07, 6.45) is -1.83. The number of hydrogen-bond acceptors (Lipinski definition) is 2. The molecule has 0 radical (unpaired) electrons. The van der Waals surface area contributed by atoms with Crippen LogP contribution in [0.2, 0.25) is 5.02 Å². The standard InChI is InChI=1S/C13H16ClNO/c1-15-13(9-5-4-8-12(13)16)10-6-2-3-7-11(10)14/h2-3,6-7,15H,4-5,8-9H2,1H3/i1D3,5D2. The number of carbonyl (C=O) groups excluding carboxylic acids is 1. The van der Waals surface area contributed by atoms with E-state index in [1.54, 1.807) is 24.3 Å². The SMILES string of the molecule is [2H]C1([2H])CCC(=O)C(NC([2H])([2H])[2H])(c2ccccc2Cl)C1. The van der Waals surface area contributed by atoms with E-state index >= 15 is 0 Å². The van der Waals surface area contributed by atoms with Crippen LogP contribution in [0.3, 0.4) is 0 Å². The molecular formula is C13H16ClNO. The second-order valence-corrected chi connectivity index (χ2v) is 4.27. The van der Waals surface area contributed by atoms with E-state index in [2.05, 4.69) is 5.32 Å². The quantitative estimate of drug-likeness (QED) is 0.864. The number of halogens is 1. The van der Waals surface area contributed by atoms with Crippen molar-refractivity contribution in [2.45, 2.75) is 31.2 Å². The molecule has 1 unspecified atom stereocenters. The highest BCUT2D eigenvalue weighted by molar-refractivity contribution is 6.31. The monoisotopic (exact) mass is 242 g/mol. The molecule has 1 aromatic carbocycles. The van der Waals surface area contributed by atoms with E-state index in [4.69, 9.17) is 18.5 Å². The van der Waals surface area contributed by atoms with Gasteiger partial charge in [0.15, 0.2) is 5.78 Å². The van der Waals surface area contributed by atoms with E-state index in [0.717, 1.165) is 0 Å². The first-order valence-electron chi connectivity index (χ1n) is 7.63. The van der Waals surface area contributed by atoms with E-state index in [9.17, 15) is 4.79 Å². The average Bonchev–Trinajstić information content (AvgIpc) is 2.32. The Kier molecular flexibility index (Phi) is 1.93. The van der Waals surface area contributed by atoms with Crippen LogP contribution < -0.4 is 5.32 Å².